The summed E-state index contributed by atoms with van der Waals surface area (Å²) in [5.74, 6) is -0.345. The van der Waals surface area contributed by atoms with Crippen molar-refractivity contribution in [2.75, 3.05) is 47.9 Å². The second-order valence-corrected chi connectivity index (χ2v) is 9.60. The largest absolute Gasteiger partial charge is 0.492 e. The van der Waals surface area contributed by atoms with Crippen LogP contribution in [-0.4, -0.2) is 73.3 Å². The minimum atomic E-state index is -0.912. The molecule has 0 saturated carbocycles. The zero-order valence-electron chi connectivity index (χ0n) is 21.5. The Morgan fingerprint density at radius 1 is 0.833 bits per heavy atom. The maximum absolute atomic E-state index is 12.8. The van der Waals surface area contributed by atoms with Gasteiger partial charge in [-0.25, -0.2) is 4.79 Å². The molecule has 0 aliphatic rings. The molecular formula is C30H35N3O3. The Kier molecular flexibility index (Phi) is 8.08. The molecule has 1 unspecified atom stereocenters. The van der Waals surface area contributed by atoms with Gasteiger partial charge in [0.25, 0.3) is 0 Å². The number of hydrogen-bond acceptors (Lipinski definition) is 4. The first kappa shape index (κ1) is 25.5. The summed E-state index contributed by atoms with van der Waals surface area (Å²) in [6, 6.07) is 26.2. The molecule has 1 atom stereocenters. The zero-order valence-corrected chi connectivity index (χ0v) is 21.5. The molecule has 0 radical (unpaired) electrons. The Bertz CT molecular complexity index is 1290. The summed E-state index contributed by atoms with van der Waals surface area (Å²) in [4.78, 5) is 16.9. The number of hydrogen-bond donors (Lipinski definition) is 1. The number of carboxylic acids is 1. The van der Waals surface area contributed by atoms with E-state index in [1.54, 1.807) is 0 Å². The standard InChI is InChI=1S/C30H35N3O3/c1-31(2)18-19-33-26-13-9-8-12-25(26)28(29(33)30(34)35)27(22-10-6-5-7-11-22)23-14-16-24(17-15-23)36-21-20-32(3)4/h5-17,27H,18-21H2,1-4H3,(H,34,35). The summed E-state index contributed by atoms with van der Waals surface area (Å²) < 4.78 is 7.87. The number of benzene rings is 3. The van der Waals surface area contributed by atoms with Gasteiger partial charge < -0.3 is 24.2 Å². The monoisotopic (exact) mass is 485 g/mol. The van der Waals surface area contributed by atoms with Crippen LogP contribution in [0.2, 0.25) is 0 Å². The van der Waals surface area contributed by atoms with Gasteiger partial charge in [0.15, 0.2) is 0 Å². The van der Waals surface area contributed by atoms with Crippen LogP contribution in [0, 0.1) is 0 Å². The third-order valence-corrected chi connectivity index (χ3v) is 6.43. The lowest BCUT2D eigenvalue weighted by molar-refractivity contribution is 0.0683. The molecule has 0 aliphatic carbocycles. The molecule has 6 nitrogen and oxygen atoms in total. The van der Waals surface area contributed by atoms with E-state index in [9.17, 15) is 9.90 Å². The smallest absolute Gasteiger partial charge is 0.352 e. The Balaban J connectivity index is 1.86. The van der Waals surface area contributed by atoms with E-state index >= 15 is 0 Å². The number of carbonyl (C=O) groups is 1. The van der Waals surface area contributed by atoms with E-state index in [-0.39, 0.29) is 5.92 Å². The predicted molar refractivity (Wildman–Crippen MR) is 145 cm³/mol. The predicted octanol–water partition coefficient (Wildman–Crippen LogP) is 5.02. The Morgan fingerprint density at radius 3 is 2.08 bits per heavy atom. The van der Waals surface area contributed by atoms with Gasteiger partial charge >= 0.3 is 5.97 Å². The van der Waals surface area contributed by atoms with Crippen LogP contribution in [0.3, 0.4) is 0 Å². The van der Waals surface area contributed by atoms with Crippen molar-refractivity contribution in [3.8, 4) is 5.75 Å². The number of ether oxygens (including phenoxy) is 1. The lowest BCUT2D eigenvalue weighted by Crippen LogP contribution is -2.21. The van der Waals surface area contributed by atoms with Crippen molar-refractivity contribution >= 4 is 16.9 Å². The maximum atomic E-state index is 12.8. The quantitative estimate of drug-likeness (QED) is 0.323. The molecule has 3 aromatic carbocycles. The van der Waals surface area contributed by atoms with Crippen LogP contribution in [-0.2, 0) is 6.54 Å². The maximum Gasteiger partial charge on any atom is 0.352 e. The average molecular weight is 486 g/mol. The van der Waals surface area contributed by atoms with Gasteiger partial charge in [0.05, 0.1) is 0 Å². The molecule has 4 aromatic rings. The summed E-state index contributed by atoms with van der Waals surface area (Å²) in [5.41, 5.74) is 4.19. The first-order valence-corrected chi connectivity index (χ1v) is 12.3. The molecule has 0 saturated heterocycles. The second kappa shape index (κ2) is 11.4. The van der Waals surface area contributed by atoms with Crippen molar-refractivity contribution in [1.82, 2.24) is 14.4 Å². The number of aromatic carboxylic acids is 1. The van der Waals surface area contributed by atoms with Crippen molar-refractivity contribution in [1.29, 1.82) is 0 Å². The number of fused-ring (bicyclic) bond motifs is 1. The SMILES string of the molecule is CN(C)CCOc1ccc(C(c2ccccc2)c2c(C(=O)O)n(CCN(C)C)c3ccccc23)cc1. The van der Waals surface area contributed by atoms with Crippen LogP contribution in [0.5, 0.6) is 5.75 Å². The van der Waals surface area contributed by atoms with Crippen LogP contribution in [0.4, 0.5) is 0 Å². The summed E-state index contributed by atoms with van der Waals surface area (Å²) in [6.07, 6.45) is 0. The Morgan fingerprint density at radius 2 is 1.44 bits per heavy atom. The summed E-state index contributed by atoms with van der Waals surface area (Å²) in [5, 5.41) is 11.4. The molecule has 1 aromatic heterocycles. The number of carboxylic acid groups (broad SMARTS) is 1. The van der Waals surface area contributed by atoms with Crippen LogP contribution < -0.4 is 4.74 Å². The fourth-order valence-corrected chi connectivity index (χ4v) is 4.66. The minimum Gasteiger partial charge on any atom is -0.492 e. The molecule has 1 N–H and O–H groups in total. The third kappa shape index (κ3) is 5.61. The summed E-state index contributed by atoms with van der Waals surface area (Å²) in [7, 11) is 8.04. The molecule has 36 heavy (non-hydrogen) atoms. The molecule has 0 aliphatic heterocycles. The molecule has 0 spiro atoms. The molecule has 0 fully saturated rings. The first-order valence-electron chi connectivity index (χ1n) is 12.3. The van der Waals surface area contributed by atoms with Crippen molar-refractivity contribution in [3.05, 3.63) is 101 Å². The van der Waals surface area contributed by atoms with Gasteiger partial charge in [-0.1, -0.05) is 60.7 Å². The lowest BCUT2D eigenvalue weighted by atomic mass is 9.83. The highest BCUT2D eigenvalue weighted by molar-refractivity contribution is 5.99. The number of likely N-dealkylation sites (N-methyl/N-ethyl adjacent to an activating group) is 2. The van der Waals surface area contributed by atoms with E-state index < -0.39 is 5.97 Å². The number of rotatable bonds is 11. The number of aromatic nitrogens is 1. The molecule has 0 amide bonds. The zero-order chi connectivity index (χ0) is 25.7. The van der Waals surface area contributed by atoms with Crippen LogP contribution in [0.1, 0.15) is 33.1 Å². The Hall–Kier alpha value is -3.61. The van der Waals surface area contributed by atoms with Gasteiger partial charge in [-0.15, -0.1) is 0 Å². The first-order chi connectivity index (χ1) is 17.4. The van der Waals surface area contributed by atoms with Crippen molar-refractivity contribution in [3.63, 3.8) is 0 Å². The fourth-order valence-electron chi connectivity index (χ4n) is 4.66. The molecule has 1 heterocycles. The number of nitrogens with zero attached hydrogens (tertiary/aromatic N) is 3. The topological polar surface area (TPSA) is 57.9 Å². The van der Waals surface area contributed by atoms with E-state index in [2.05, 4.69) is 34.1 Å². The highest BCUT2D eigenvalue weighted by Gasteiger charge is 2.30. The lowest BCUT2D eigenvalue weighted by Gasteiger charge is -2.21. The molecule has 188 valence electrons. The normalized spacial score (nSPS) is 12.4. The number of para-hydroxylation sites is 1. The van der Waals surface area contributed by atoms with Crippen LogP contribution in [0.15, 0.2) is 78.9 Å². The van der Waals surface area contributed by atoms with Gasteiger partial charge in [-0.3, -0.25) is 0 Å². The van der Waals surface area contributed by atoms with E-state index in [0.717, 1.165) is 46.4 Å². The van der Waals surface area contributed by atoms with E-state index in [1.807, 2.05) is 87.4 Å². The molecule has 6 heteroatoms. The molecule has 4 rings (SSSR count). The second-order valence-electron chi connectivity index (χ2n) is 9.60. The average Bonchev–Trinajstić information content (AvgIpc) is 3.19. The Labute approximate surface area is 213 Å². The van der Waals surface area contributed by atoms with Crippen LogP contribution in [0.25, 0.3) is 10.9 Å². The van der Waals surface area contributed by atoms with Gasteiger partial charge in [-0.2, -0.15) is 0 Å². The van der Waals surface area contributed by atoms with E-state index in [1.165, 1.54) is 0 Å². The third-order valence-electron chi connectivity index (χ3n) is 6.43. The fraction of sp³-hybridized carbons (Fsp3) is 0.300. The highest BCUT2D eigenvalue weighted by atomic mass is 16.5. The van der Waals surface area contributed by atoms with E-state index in [0.29, 0.717) is 18.8 Å². The van der Waals surface area contributed by atoms with Gasteiger partial charge in [0, 0.05) is 42.0 Å². The molecule has 0 bridgehead atoms. The van der Waals surface area contributed by atoms with Gasteiger partial charge in [-0.05, 0) is 57.5 Å². The molecular weight excluding hydrogens is 450 g/mol. The van der Waals surface area contributed by atoms with Crippen molar-refractivity contribution < 1.29 is 14.6 Å². The van der Waals surface area contributed by atoms with Gasteiger partial charge in [0.1, 0.15) is 18.1 Å². The van der Waals surface area contributed by atoms with Crippen molar-refractivity contribution in [2.24, 2.45) is 0 Å². The van der Waals surface area contributed by atoms with Crippen LogP contribution >= 0.6 is 0 Å². The summed E-state index contributed by atoms with van der Waals surface area (Å²) in [6.45, 7) is 2.78. The minimum absolute atomic E-state index is 0.237. The van der Waals surface area contributed by atoms with Gasteiger partial charge in [0.2, 0.25) is 0 Å². The summed E-state index contributed by atoms with van der Waals surface area (Å²) >= 11 is 0. The van der Waals surface area contributed by atoms with Crippen molar-refractivity contribution in [2.45, 2.75) is 12.5 Å². The highest BCUT2D eigenvalue weighted by Crippen LogP contribution is 2.40. The van der Waals surface area contributed by atoms with E-state index in [4.69, 9.17) is 4.74 Å².